The molecule has 1 aliphatic rings. The number of ether oxygens (including phenoxy) is 1. The van der Waals surface area contributed by atoms with E-state index in [-0.39, 0.29) is 17.8 Å². The minimum atomic E-state index is -1.20. The first-order chi connectivity index (χ1) is 7.56. The van der Waals surface area contributed by atoms with E-state index in [0.29, 0.717) is 5.56 Å². The maximum atomic E-state index is 11.6. The first-order valence-corrected chi connectivity index (χ1v) is 4.48. The van der Waals surface area contributed by atoms with Gasteiger partial charge in [-0.2, -0.15) is 5.10 Å². The number of carbonyl (C=O) groups excluding carboxylic acids is 2. The molecule has 16 heavy (non-hydrogen) atoms. The van der Waals surface area contributed by atoms with Crippen LogP contribution in [0.5, 0.6) is 0 Å². The maximum Gasteiger partial charge on any atom is 0.358 e. The third-order valence-electron chi connectivity index (χ3n) is 2.52. The number of ketones is 1. The van der Waals surface area contributed by atoms with E-state index >= 15 is 0 Å². The lowest BCUT2D eigenvalue weighted by atomic mass is 10.1. The summed E-state index contributed by atoms with van der Waals surface area (Å²) < 4.78 is 4.47. The van der Waals surface area contributed by atoms with Crippen LogP contribution in [0, 0.1) is 5.92 Å². The number of hydrogen-bond donors (Lipinski definition) is 2. The van der Waals surface area contributed by atoms with Gasteiger partial charge < -0.3 is 9.84 Å². The molecule has 0 spiro atoms. The van der Waals surface area contributed by atoms with Gasteiger partial charge in [-0.3, -0.25) is 14.7 Å². The number of carboxylic acids is 1. The van der Waals surface area contributed by atoms with Crippen molar-refractivity contribution < 1.29 is 24.2 Å². The zero-order valence-corrected chi connectivity index (χ0v) is 8.31. The van der Waals surface area contributed by atoms with Crippen LogP contribution >= 0.6 is 0 Å². The predicted molar refractivity (Wildman–Crippen MR) is 49.1 cm³/mol. The van der Waals surface area contributed by atoms with Crippen LogP contribution in [0.1, 0.15) is 26.5 Å². The van der Waals surface area contributed by atoms with Gasteiger partial charge in [-0.1, -0.05) is 0 Å². The van der Waals surface area contributed by atoms with Gasteiger partial charge in [0.05, 0.1) is 7.11 Å². The van der Waals surface area contributed by atoms with E-state index in [1.807, 2.05) is 0 Å². The average molecular weight is 224 g/mol. The number of carbonyl (C=O) groups is 3. The van der Waals surface area contributed by atoms with Crippen LogP contribution in [0.2, 0.25) is 0 Å². The monoisotopic (exact) mass is 224 g/mol. The molecule has 2 rings (SSSR count). The van der Waals surface area contributed by atoms with E-state index in [4.69, 9.17) is 5.11 Å². The third kappa shape index (κ3) is 1.28. The molecular formula is C9H8N2O5. The van der Waals surface area contributed by atoms with Crippen LogP contribution in [0.15, 0.2) is 0 Å². The molecule has 0 aliphatic heterocycles. The van der Waals surface area contributed by atoms with E-state index < -0.39 is 23.6 Å². The van der Waals surface area contributed by atoms with Gasteiger partial charge in [-0.25, -0.2) is 4.79 Å². The van der Waals surface area contributed by atoms with Crippen molar-refractivity contribution in [2.45, 2.75) is 6.42 Å². The van der Waals surface area contributed by atoms with Crippen LogP contribution in [-0.2, 0) is 16.0 Å². The molecule has 0 amide bonds. The number of carboxylic acid groups (broad SMARTS) is 1. The highest BCUT2D eigenvalue weighted by atomic mass is 16.5. The van der Waals surface area contributed by atoms with Gasteiger partial charge in [0.15, 0.2) is 11.5 Å². The maximum absolute atomic E-state index is 11.6. The fraction of sp³-hybridized carbons (Fsp3) is 0.333. The molecule has 84 valence electrons. The van der Waals surface area contributed by atoms with E-state index in [1.54, 1.807) is 0 Å². The number of H-pyrrole nitrogens is 1. The van der Waals surface area contributed by atoms with Crippen molar-refractivity contribution >= 4 is 17.7 Å². The fourth-order valence-corrected chi connectivity index (χ4v) is 1.70. The molecule has 1 heterocycles. The summed E-state index contributed by atoms with van der Waals surface area (Å²) in [7, 11) is 1.19. The van der Waals surface area contributed by atoms with Gasteiger partial charge in [0.25, 0.3) is 0 Å². The summed E-state index contributed by atoms with van der Waals surface area (Å²) in [6, 6.07) is 0. The first kappa shape index (κ1) is 10.3. The summed E-state index contributed by atoms with van der Waals surface area (Å²) in [5, 5.41) is 14.8. The molecule has 0 saturated carbocycles. The Labute approximate surface area is 89.4 Å². The summed E-state index contributed by atoms with van der Waals surface area (Å²) in [6.45, 7) is 0. The van der Waals surface area contributed by atoms with Crippen molar-refractivity contribution in [3.8, 4) is 0 Å². The number of hydrogen-bond acceptors (Lipinski definition) is 5. The van der Waals surface area contributed by atoms with Gasteiger partial charge in [-0.15, -0.1) is 0 Å². The summed E-state index contributed by atoms with van der Waals surface area (Å²) >= 11 is 0. The van der Waals surface area contributed by atoms with Gasteiger partial charge in [-0.05, 0) is 6.42 Å². The lowest BCUT2D eigenvalue weighted by Gasteiger charge is -2.00. The number of rotatable bonds is 2. The summed E-state index contributed by atoms with van der Waals surface area (Å²) in [5.74, 6) is -3.57. The van der Waals surface area contributed by atoms with Crippen molar-refractivity contribution in [1.82, 2.24) is 10.2 Å². The van der Waals surface area contributed by atoms with Crippen molar-refractivity contribution in [2.24, 2.45) is 5.92 Å². The molecular weight excluding hydrogens is 216 g/mol. The number of fused-ring (bicyclic) bond motifs is 1. The smallest absolute Gasteiger partial charge is 0.358 e. The second kappa shape index (κ2) is 3.44. The van der Waals surface area contributed by atoms with Crippen molar-refractivity contribution in [3.05, 3.63) is 17.0 Å². The normalized spacial score (nSPS) is 18.3. The predicted octanol–water partition coefficient (Wildman–Crippen LogP) is -0.364. The van der Waals surface area contributed by atoms with Gasteiger partial charge in [0.2, 0.25) is 0 Å². The van der Waals surface area contributed by atoms with Crippen molar-refractivity contribution in [2.75, 3.05) is 7.11 Å². The summed E-state index contributed by atoms with van der Waals surface area (Å²) in [5.41, 5.74) is 0.395. The van der Waals surface area contributed by atoms with Crippen LogP contribution in [0.3, 0.4) is 0 Å². The molecule has 2 N–H and O–H groups in total. The molecule has 1 aromatic heterocycles. The molecule has 7 nitrogen and oxygen atoms in total. The lowest BCUT2D eigenvalue weighted by molar-refractivity contribution is -0.139. The Kier molecular flexibility index (Phi) is 2.22. The van der Waals surface area contributed by atoms with E-state index in [2.05, 4.69) is 14.9 Å². The minimum absolute atomic E-state index is 0.0189. The fourth-order valence-electron chi connectivity index (χ4n) is 1.70. The Balaban J connectivity index is 2.41. The highest BCUT2D eigenvalue weighted by molar-refractivity contribution is 6.12. The molecule has 7 heteroatoms. The number of aliphatic carboxylic acids is 1. The van der Waals surface area contributed by atoms with Gasteiger partial charge in [0.1, 0.15) is 11.6 Å². The Morgan fingerprint density at radius 1 is 1.56 bits per heavy atom. The Morgan fingerprint density at radius 3 is 2.81 bits per heavy atom. The standard InChI is InChI=1S/C9H8N2O5/c1-16-9(15)6-3-2-4(8(13)14)7(12)5(3)10-11-6/h4H,2H2,1H3,(H,10,11)(H,13,14). The number of nitrogens with one attached hydrogen (secondary N) is 1. The molecule has 0 radical (unpaired) electrons. The second-order valence-electron chi connectivity index (χ2n) is 3.38. The largest absolute Gasteiger partial charge is 0.481 e. The van der Waals surface area contributed by atoms with Crippen LogP contribution in [0.4, 0.5) is 0 Å². The second-order valence-corrected chi connectivity index (χ2v) is 3.38. The third-order valence-corrected chi connectivity index (χ3v) is 2.52. The molecule has 0 aromatic carbocycles. The highest BCUT2D eigenvalue weighted by Crippen LogP contribution is 2.28. The Morgan fingerprint density at radius 2 is 2.25 bits per heavy atom. The molecule has 1 aromatic rings. The number of Topliss-reactive ketones (excluding diaryl/α,β-unsaturated/α-hetero) is 1. The number of aromatic amines is 1. The van der Waals surface area contributed by atoms with Crippen molar-refractivity contribution in [3.63, 3.8) is 0 Å². The number of esters is 1. The highest BCUT2D eigenvalue weighted by Gasteiger charge is 2.40. The van der Waals surface area contributed by atoms with E-state index in [0.717, 1.165) is 0 Å². The van der Waals surface area contributed by atoms with Gasteiger partial charge >= 0.3 is 11.9 Å². The van der Waals surface area contributed by atoms with Crippen molar-refractivity contribution in [1.29, 1.82) is 0 Å². The van der Waals surface area contributed by atoms with Crippen LogP contribution in [-0.4, -0.2) is 40.1 Å². The number of nitrogens with zero attached hydrogens (tertiary/aromatic N) is 1. The SMILES string of the molecule is COC(=O)c1n[nH]c2c1CC(C(=O)O)C2=O. The minimum Gasteiger partial charge on any atom is -0.481 e. The van der Waals surface area contributed by atoms with E-state index in [9.17, 15) is 14.4 Å². The average Bonchev–Trinajstić information content (AvgIpc) is 2.78. The topological polar surface area (TPSA) is 109 Å². The zero-order chi connectivity index (χ0) is 11.9. The van der Waals surface area contributed by atoms with Crippen LogP contribution in [0.25, 0.3) is 0 Å². The molecule has 0 saturated heterocycles. The lowest BCUT2D eigenvalue weighted by Crippen LogP contribution is -2.20. The van der Waals surface area contributed by atoms with Gasteiger partial charge in [0, 0.05) is 5.56 Å². The first-order valence-electron chi connectivity index (χ1n) is 4.48. The molecule has 1 unspecified atom stereocenters. The quantitative estimate of drug-likeness (QED) is 0.524. The summed E-state index contributed by atoms with van der Waals surface area (Å²) in [4.78, 5) is 33.6. The Bertz CT molecular complexity index is 490. The number of aromatic nitrogens is 2. The van der Waals surface area contributed by atoms with E-state index in [1.165, 1.54) is 7.11 Å². The van der Waals surface area contributed by atoms with Crippen LogP contribution < -0.4 is 0 Å². The Hall–Kier alpha value is -2.18. The zero-order valence-electron chi connectivity index (χ0n) is 8.31. The molecule has 0 bridgehead atoms. The summed E-state index contributed by atoms with van der Waals surface area (Å²) in [6.07, 6.45) is -0.0234. The number of methoxy groups -OCH3 is 1. The molecule has 1 aliphatic carbocycles. The molecule has 1 atom stereocenters. The molecule has 0 fully saturated rings.